The highest BCUT2D eigenvalue weighted by Crippen LogP contribution is 2.30. The van der Waals surface area contributed by atoms with E-state index in [1.807, 2.05) is 0 Å². The van der Waals surface area contributed by atoms with Crippen molar-refractivity contribution in [3.63, 3.8) is 0 Å². The van der Waals surface area contributed by atoms with Crippen LogP contribution in [0.4, 0.5) is 22.0 Å². The first-order valence-corrected chi connectivity index (χ1v) is 15.2. The summed E-state index contributed by atoms with van der Waals surface area (Å²) in [4.78, 5) is 25.3. The molecule has 0 bridgehead atoms. The van der Waals surface area contributed by atoms with Crippen LogP contribution >= 0.6 is 0 Å². The summed E-state index contributed by atoms with van der Waals surface area (Å²) in [7, 11) is 0. The van der Waals surface area contributed by atoms with Crippen molar-refractivity contribution in [1.82, 2.24) is 0 Å². The highest BCUT2D eigenvalue weighted by atomic mass is 19.2. The molecule has 2 aromatic carbocycles. The highest BCUT2D eigenvalue weighted by molar-refractivity contribution is 6.03. The Hall–Kier alpha value is -2.97. The molecule has 2 rings (SSSR count). The predicted octanol–water partition coefficient (Wildman–Crippen LogP) is 10.3. The van der Waals surface area contributed by atoms with E-state index in [1.165, 1.54) is 94.9 Å². The van der Waals surface area contributed by atoms with Crippen LogP contribution in [0.25, 0.3) is 0 Å². The first-order chi connectivity index (χ1) is 20.2. The minimum atomic E-state index is -2.31. The third-order valence-electron chi connectivity index (χ3n) is 7.28. The van der Waals surface area contributed by atoms with Crippen LogP contribution in [0.15, 0.2) is 24.3 Å². The van der Waals surface area contributed by atoms with Gasteiger partial charge < -0.3 is 9.47 Å². The second-order valence-corrected chi connectivity index (χ2v) is 10.7. The Morgan fingerprint density at radius 1 is 0.595 bits per heavy atom. The van der Waals surface area contributed by atoms with Crippen molar-refractivity contribution < 1.29 is 41.0 Å². The van der Waals surface area contributed by atoms with E-state index in [0.29, 0.717) is 6.42 Å². The largest absolute Gasteiger partial charge is 0.462 e. The number of carbonyl (C=O) groups is 2. The van der Waals surface area contributed by atoms with Crippen molar-refractivity contribution in [1.29, 1.82) is 0 Å². The maximum absolute atomic E-state index is 14.1. The lowest BCUT2D eigenvalue weighted by Crippen LogP contribution is -2.18. The van der Waals surface area contributed by atoms with Gasteiger partial charge in [0.1, 0.15) is 6.10 Å². The summed E-state index contributed by atoms with van der Waals surface area (Å²) in [5.41, 5.74) is -1.67. The van der Waals surface area contributed by atoms with Crippen molar-refractivity contribution in [2.45, 2.75) is 116 Å². The van der Waals surface area contributed by atoms with Gasteiger partial charge in [-0.3, -0.25) is 0 Å². The summed E-state index contributed by atoms with van der Waals surface area (Å²) in [5, 5.41) is 0. The Morgan fingerprint density at radius 2 is 0.976 bits per heavy atom. The van der Waals surface area contributed by atoms with Gasteiger partial charge in [0.05, 0.1) is 23.3 Å². The summed E-state index contributed by atoms with van der Waals surface area (Å²) in [6, 6.07) is 5.51. The van der Waals surface area contributed by atoms with Gasteiger partial charge in [-0.25, -0.2) is 31.5 Å². The topological polar surface area (TPSA) is 52.6 Å². The van der Waals surface area contributed by atoms with E-state index in [0.717, 1.165) is 26.2 Å². The molecule has 0 aliphatic rings. The highest BCUT2D eigenvalue weighted by Gasteiger charge is 2.31. The van der Waals surface area contributed by atoms with Gasteiger partial charge in [0, 0.05) is 0 Å². The van der Waals surface area contributed by atoms with Gasteiger partial charge in [0.15, 0.2) is 23.3 Å². The lowest BCUT2D eigenvalue weighted by molar-refractivity contribution is 0.0307. The fourth-order valence-electron chi connectivity index (χ4n) is 4.82. The maximum Gasteiger partial charge on any atom is 0.339 e. The molecule has 0 spiro atoms. The molecule has 0 fully saturated rings. The molecule has 0 saturated heterocycles. The summed E-state index contributed by atoms with van der Waals surface area (Å²) in [6.45, 7) is 3.35. The quantitative estimate of drug-likeness (QED) is 0.0500. The van der Waals surface area contributed by atoms with Crippen LogP contribution in [-0.2, 0) is 9.47 Å². The van der Waals surface area contributed by atoms with Gasteiger partial charge in [-0.1, -0.05) is 109 Å². The molecule has 1 atom stereocenters. The summed E-state index contributed by atoms with van der Waals surface area (Å²) < 4.78 is 79.0. The minimum absolute atomic E-state index is 0.131. The molecular weight excluding hydrogens is 555 g/mol. The summed E-state index contributed by atoms with van der Waals surface area (Å²) in [6.07, 6.45) is 16.2. The van der Waals surface area contributed by atoms with Gasteiger partial charge >= 0.3 is 11.9 Å². The molecule has 0 radical (unpaired) electrons. The zero-order valence-corrected chi connectivity index (χ0v) is 24.7. The van der Waals surface area contributed by atoms with Crippen molar-refractivity contribution in [3.05, 3.63) is 70.0 Å². The average Bonchev–Trinajstić information content (AvgIpc) is 2.98. The molecule has 234 valence electrons. The zero-order valence-electron chi connectivity index (χ0n) is 24.7. The molecular formula is C33H43F5O4. The normalized spacial score (nSPS) is 11.9. The Kier molecular flexibility index (Phi) is 16.2. The van der Waals surface area contributed by atoms with E-state index in [1.54, 1.807) is 0 Å². The third-order valence-corrected chi connectivity index (χ3v) is 7.28. The first kappa shape index (κ1) is 35.2. The number of esters is 2. The predicted molar refractivity (Wildman–Crippen MR) is 152 cm³/mol. The van der Waals surface area contributed by atoms with Crippen molar-refractivity contribution in [3.8, 4) is 0 Å². The van der Waals surface area contributed by atoms with E-state index in [-0.39, 0.29) is 17.7 Å². The monoisotopic (exact) mass is 598 g/mol. The number of carbonyl (C=O) groups excluding carboxylic acids is 2. The van der Waals surface area contributed by atoms with Crippen LogP contribution in [0.2, 0.25) is 0 Å². The van der Waals surface area contributed by atoms with Crippen LogP contribution in [0.5, 0.6) is 0 Å². The van der Waals surface area contributed by atoms with Gasteiger partial charge in [-0.15, -0.1) is 0 Å². The third kappa shape index (κ3) is 11.0. The fourth-order valence-corrected chi connectivity index (χ4v) is 4.82. The molecule has 42 heavy (non-hydrogen) atoms. The molecule has 2 aromatic rings. The van der Waals surface area contributed by atoms with Crippen LogP contribution in [0.1, 0.15) is 143 Å². The van der Waals surface area contributed by atoms with Gasteiger partial charge in [0.2, 0.25) is 5.82 Å². The Morgan fingerprint density at radius 3 is 1.43 bits per heavy atom. The lowest BCUT2D eigenvalue weighted by Gasteiger charge is -2.17. The van der Waals surface area contributed by atoms with E-state index in [9.17, 15) is 31.5 Å². The molecule has 1 unspecified atom stereocenters. The van der Waals surface area contributed by atoms with Crippen LogP contribution < -0.4 is 0 Å². The average molecular weight is 599 g/mol. The van der Waals surface area contributed by atoms with Crippen molar-refractivity contribution in [2.75, 3.05) is 6.61 Å². The molecule has 0 N–H and O–H groups in total. The number of ether oxygens (including phenoxy) is 2. The summed E-state index contributed by atoms with van der Waals surface area (Å²) >= 11 is 0. The van der Waals surface area contributed by atoms with E-state index in [2.05, 4.69) is 6.92 Å². The minimum Gasteiger partial charge on any atom is -0.462 e. The smallest absolute Gasteiger partial charge is 0.339 e. The number of hydrogen-bond donors (Lipinski definition) is 0. The number of unbranched alkanes of at least 4 members (excludes halogenated alkanes) is 14. The van der Waals surface area contributed by atoms with Crippen LogP contribution in [0.3, 0.4) is 0 Å². The number of hydrogen-bond acceptors (Lipinski definition) is 4. The molecule has 0 aliphatic heterocycles. The Bertz CT molecular complexity index is 1110. The molecule has 0 saturated carbocycles. The Labute approximate surface area is 246 Å². The maximum atomic E-state index is 14.1. The molecule has 0 aromatic heterocycles. The van der Waals surface area contributed by atoms with E-state index < -0.39 is 52.7 Å². The van der Waals surface area contributed by atoms with E-state index in [4.69, 9.17) is 9.47 Å². The van der Waals surface area contributed by atoms with Crippen LogP contribution in [0, 0.1) is 29.1 Å². The zero-order chi connectivity index (χ0) is 30.9. The second kappa shape index (κ2) is 19.3. The number of rotatable bonds is 20. The second-order valence-electron chi connectivity index (χ2n) is 10.7. The number of halogens is 5. The molecule has 0 aliphatic carbocycles. The van der Waals surface area contributed by atoms with Crippen molar-refractivity contribution >= 4 is 11.9 Å². The SMILES string of the molecule is CCCCCCCCCCCCCCCCCOC(=O)c1ccccc1C(=O)OC(C)c1c(F)c(F)c(F)c(F)c1F. The van der Waals surface area contributed by atoms with E-state index >= 15 is 0 Å². The summed E-state index contributed by atoms with van der Waals surface area (Å²) in [5.74, 6) is -12.7. The van der Waals surface area contributed by atoms with Crippen molar-refractivity contribution in [2.24, 2.45) is 0 Å². The molecule has 0 heterocycles. The van der Waals surface area contributed by atoms with Gasteiger partial charge in [-0.2, -0.15) is 0 Å². The number of benzene rings is 2. The standard InChI is InChI=1S/C33H43F5O4/c1-3-4-5-6-7-8-9-10-11-12-13-14-15-16-19-22-41-32(39)24-20-17-18-21-25(24)33(40)42-23(2)26-27(34)29(36)31(38)30(37)28(26)35/h17-18,20-21,23H,3-16,19,22H2,1-2H3. The molecule has 9 heteroatoms. The molecule has 4 nitrogen and oxygen atoms in total. The lowest BCUT2D eigenvalue weighted by atomic mass is 10.0. The van der Waals surface area contributed by atoms with Crippen LogP contribution in [-0.4, -0.2) is 18.5 Å². The first-order valence-electron chi connectivity index (χ1n) is 15.2. The fraction of sp³-hybridized carbons (Fsp3) is 0.576. The molecule has 0 amide bonds. The van der Waals surface area contributed by atoms with Gasteiger partial charge in [0.25, 0.3) is 0 Å². The van der Waals surface area contributed by atoms with Gasteiger partial charge in [-0.05, 0) is 25.5 Å². The Balaban J connectivity index is 1.71.